The predicted molar refractivity (Wildman–Crippen MR) is 101 cm³/mol. The van der Waals surface area contributed by atoms with Crippen LogP contribution in [0.5, 0.6) is 0 Å². The number of rotatable bonds is 8. The molecule has 0 fully saturated rings. The van der Waals surface area contributed by atoms with Gasteiger partial charge in [0, 0.05) is 5.02 Å². The molecular weight excluding hydrogens is 304 g/mol. The molecule has 0 bridgehead atoms. The van der Waals surface area contributed by atoms with Gasteiger partial charge < -0.3 is 0 Å². The molecule has 0 radical (unpaired) electrons. The molecule has 0 atom stereocenters. The number of hydrogen-bond acceptors (Lipinski definition) is 2. The lowest BCUT2D eigenvalue weighted by Crippen LogP contribution is -1.87. The summed E-state index contributed by atoms with van der Waals surface area (Å²) in [6, 6.07) is 15.9. The molecule has 0 aliphatic carbocycles. The number of aryl methyl sites for hydroxylation is 1. The lowest BCUT2D eigenvalue weighted by Gasteiger charge is -2.00. The van der Waals surface area contributed by atoms with Crippen molar-refractivity contribution in [3.63, 3.8) is 0 Å². The first-order chi connectivity index (χ1) is 11.3. The van der Waals surface area contributed by atoms with Crippen molar-refractivity contribution < 1.29 is 0 Å². The molecule has 0 N–H and O–H groups in total. The first kappa shape index (κ1) is 17.2. The van der Waals surface area contributed by atoms with Crippen molar-refractivity contribution in [3.8, 4) is 0 Å². The molecule has 2 nitrogen and oxygen atoms in total. The Morgan fingerprint density at radius 2 is 1.39 bits per heavy atom. The number of hydrogen-bond donors (Lipinski definition) is 0. The molecule has 0 heterocycles. The number of halogens is 1. The lowest BCUT2D eigenvalue weighted by atomic mass is 10.1. The summed E-state index contributed by atoms with van der Waals surface area (Å²) in [7, 11) is 0. The molecule has 3 heteroatoms. The van der Waals surface area contributed by atoms with Crippen LogP contribution in [0.4, 0.5) is 0 Å². The van der Waals surface area contributed by atoms with E-state index < -0.39 is 0 Å². The van der Waals surface area contributed by atoms with Crippen molar-refractivity contribution >= 4 is 24.0 Å². The van der Waals surface area contributed by atoms with Gasteiger partial charge in [0.25, 0.3) is 0 Å². The van der Waals surface area contributed by atoms with E-state index in [0.29, 0.717) is 0 Å². The molecule has 23 heavy (non-hydrogen) atoms. The molecule has 0 saturated carbocycles. The van der Waals surface area contributed by atoms with Gasteiger partial charge in [-0.2, -0.15) is 10.2 Å². The summed E-state index contributed by atoms with van der Waals surface area (Å²) in [5, 5.41) is 8.84. The Morgan fingerprint density at radius 3 is 1.96 bits per heavy atom. The molecule has 2 rings (SSSR count). The Bertz CT molecular complexity index is 655. The molecule has 0 saturated heterocycles. The number of nitrogens with zero attached hydrogens (tertiary/aromatic N) is 2. The number of unbranched alkanes of at least 4 members (excludes halogenated alkanes) is 2. The second kappa shape index (κ2) is 9.75. The van der Waals surface area contributed by atoms with Crippen molar-refractivity contribution in [1.29, 1.82) is 0 Å². The van der Waals surface area contributed by atoms with Crippen LogP contribution in [0.15, 0.2) is 71.4 Å². The minimum atomic E-state index is 0.718. The molecule has 0 unspecified atom stereocenters. The van der Waals surface area contributed by atoms with Gasteiger partial charge in [0.2, 0.25) is 0 Å². The summed E-state index contributed by atoms with van der Waals surface area (Å²) < 4.78 is 0. The van der Waals surface area contributed by atoms with Crippen LogP contribution in [0.1, 0.15) is 36.0 Å². The third-order valence-electron chi connectivity index (χ3n) is 3.45. The van der Waals surface area contributed by atoms with E-state index in [1.54, 1.807) is 12.4 Å². The first-order valence-electron chi connectivity index (χ1n) is 7.80. The van der Waals surface area contributed by atoms with Gasteiger partial charge >= 0.3 is 0 Å². The molecular formula is C20H21ClN2. The second-order valence-electron chi connectivity index (χ2n) is 5.32. The zero-order valence-electron chi connectivity index (χ0n) is 13.2. The molecule has 118 valence electrons. The van der Waals surface area contributed by atoms with E-state index in [9.17, 15) is 0 Å². The van der Waals surface area contributed by atoms with Crippen LogP contribution in [0, 0.1) is 0 Å². The van der Waals surface area contributed by atoms with E-state index in [0.717, 1.165) is 29.0 Å². The molecule has 2 aromatic rings. The van der Waals surface area contributed by atoms with E-state index in [4.69, 9.17) is 11.6 Å². The van der Waals surface area contributed by atoms with E-state index in [2.05, 4.69) is 41.0 Å². The van der Waals surface area contributed by atoms with Crippen LogP contribution < -0.4 is 0 Å². The molecule has 2 aromatic carbocycles. The summed E-state index contributed by atoms with van der Waals surface area (Å²) in [5.41, 5.74) is 3.38. The zero-order valence-corrected chi connectivity index (χ0v) is 13.9. The molecule has 0 amide bonds. The van der Waals surface area contributed by atoms with Gasteiger partial charge in [-0.15, -0.1) is 6.58 Å². The van der Waals surface area contributed by atoms with Crippen LogP contribution in [-0.4, -0.2) is 12.4 Å². The van der Waals surface area contributed by atoms with Gasteiger partial charge in [0.1, 0.15) is 0 Å². The average Bonchev–Trinajstić information content (AvgIpc) is 2.58. The molecule has 0 spiro atoms. The largest absolute Gasteiger partial charge is 0.159 e. The smallest absolute Gasteiger partial charge is 0.0568 e. The monoisotopic (exact) mass is 324 g/mol. The van der Waals surface area contributed by atoms with E-state index in [-0.39, 0.29) is 0 Å². The highest BCUT2D eigenvalue weighted by Crippen LogP contribution is 2.09. The van der Waals surface area contributed by atoms with Crippen LogP contribution in [-0.2, 0) is 6.42 Å². The normalized spacial score (nSPS) is 11.3. The lowest BCUT2D eigenvalue weighted by molar-refractivity contribution is 0.748. The Kier molecular flexibility index (Phi) is 7.28. The van der Waals surface area contributed by atoms with E-state index in [1.165, 1.54) is 18.4 Å². The minimum Gasteiger partial charge on any atom is -0.159 e. The third-order valence-corrected chi connectivity index (χ3v) is 3.71. The third kappa shape index (κ3) is 6.62. The van der Waals surface area contributed by atoms with Crippen molar-refractivity contribution in [2.75, 3.05) is 0 Å². The summed E-state index contributed by atoms with van der Waals surface area (Å²) in [6.45, 7) is 3.74. The van der Waals surface area contributed by atoms with Gasteiger partial charge in [0.15, 0.2) is 0 Å². The molecule has 0 aliphatic heterocycles. The average molecular weight is 325 g/mol. The summed E-state index contributed by atoms with van der Waals surface area (Å²) >= 11 is 5.83. The highest BCUT2D eigenvalue weighted by Gasteiger charge is 1.94. The van der Waals surface area contributed by atoms with Crippen LogP contribution in [0.3, 0.4) is 0 Å². The fraction of sp³-hybridized carbons (Fsp3) is 0.200. The molecule has 0 aromatic heterocycles. The topological polar surface area (TPSA) is 24.7 Å². The Hall–Kier alpha value is -2.19. The van der Waals surface area contributed by atoms with Gasteiger partial charge in [-0.05, 0) is 54.5 Å². The zero-order chi connectivity index (χ0) is 16.3. The maximum Gasteiger partial charge on any atom is 0.0568 e. The van der Waals surface area contributed by atoms with Crippen molar-refractivity contribution in [3.05, 3.63) is 82.9 Å². The van der Waals surface area contributed by atoms with Crippen LogP contribution >= 0.6 is 11.6 Å². The van der Waals surface area contributed by atoms with Crippen molar-refractivity contribution in [2.24, 2.45) is 10.2 Å². The highest BCUT2D eigenvalue weighted by molar-refractivity contribution is 6.30. The van der Waals surface area contributed by atoms with Gasteiger partial charge in [0.05, 0.1) is 12.4 Å². The SMILES string of the molecule is C=CCCCCc1ccc(/C=N/N=C/c2ccc(Cl)cc2)cc1. The predicted octanol–water partition coefficient (Wildman–Crippen LogP) is 5.69. The Morgan fingerprint density at radius 1 is 0.826 bits per heavy atom. The van der Waals surface area contributed by atoms with Gasteiger partial charge in [-0.25, -0.2) is 0 Å². The summed E-state index contributed by atoms with van der Waals surface area (Å²) in [6.07, 6.45) is 10.0. The second-order valence-corrected chi connectivity index (χ2v) is 5.75. The maximum atomic E-state index is 5.83. The highest BCUT2D eigenvalue weighted by atomic mass is 35.5. The van der Waals surface area contributed by atoms with E-state index in [1.807, 2.05) is 30.3 Å². The first-order valence-corrected chi connectivity index (χ1v) is 8.17. The molecule has 0 aliphatic rings. The van der Waals surface area contributed by atoms with Gasteiger partial charge in [-0.3, -0.25) is 0 Å². The standard InChI is InChI=1S/C20H21ClN2/c1-2-3-4-5-6-17-7-9-18(10-8-17)15-22-23-16-19-11-13-20(21)14-12-19/h2,7-16H,1,3-6H2/b22-15+,23-16+. The van der Waals surface area contributed by atoms with E-state index >= 15 is 0 Å². The minimum absolute atomic E-state index is 0.718. The van der Waals surface area contributed by atoms with Crippen LogP contribution in [0.2, 0.25) is 5.02 Å². The summed E-state index contributed by atoms with van der Waals surface area (Å²) in [4.78, 5) is 0. The number of allylic oxidation sites excluding steroid dienone is 1. The maximum absolute atomic E-state index is 5.83. The van der Waals surface area contributed by atoms with Crippen molar-refractivity contribution in [2.45, 2.75) is 25.7 Å². The fourth-order valence-electron chi connectivity index (χ4n) is 2.14. The summed E-state index contributed by atoms with van der Waals surface area (Å²) in [5.74, 6) is 0. The van der Waals surface area contributed by atoms with Gasteiger partial charge in [-0.1, -0.05) is 54.1 Å². The van der Waals surface area contributed by atoms with Crippen molar-refractivity contribution in [1.82, 2.24) is 0 Å². The van der Waals surface area contributed by atoms with Crippen LogP contribution in [0.25, 0.3) is 0 Å². The Balaban J connectivity index is 1.82. The fourth-order valence-corrected chi connectivity index (χ4v) is 2.26. The number of benzene rings is 2. The quantitative estimate of drug-likeness (QED) is 0.258. The Labute approximate surface area is 143 Å².